The number of fused-ring (bicyclic) bond motifs is 3. The van der Waals surface area contributed by atoms with Crippen molar-refractivity contribution in [3.8, 4) is 67.5 Å². The van der Waals surface area contributed by atoms with Crippen molar-refractivity contribution in [1.82, 2.24) is 14.5 Å². The molecule has 0 radical (unpaired) electrons. The molecule has 0 atom stereocenters. The molecule has 0 aliphatic rings. The maximum Gasteiger partial charge on any atom is 0.149 e. The SMILES string of the molecule is CC(C)(C)c1cc(-c2nc3c(-c4cc(-c5nccc6ccccc56)c5ccccc5c4)cccc3n2-c2ccc(-c3ccccc3)cc2-c2ccccc2)c(O)c(C(C)(C)C)c1. The van der Waals surface area contributed by atoms with Crippen LogP contribution < -0.4 is 0 Å². The third-order valence-electron chi connectivity index (χ3n) is 12.2. The first-order chi connectivity index (χ1) is 29.9. The number of aromatic nitrogens is 3. The molecule has 0 amide bonds. The van der Waals surface area contributed by atoms with E-state index in [1.54, 1.807) is 0 Å². The number of para-hydroxylation sites is 1. The van der Waals surface area contributed by atoms with E-state index in [-0.39, 0.29) is 16.6 Å². The van der Waals surface area contributed by atoms with Gasteiger partial charge in [0.2, 0.25) is 0 Å². The van der Waals surface area contributed by atoms with Crippen molar-refractivity contribution in [3.63, 3.8) is 0 Å². The summed E-state index contributed by atoms with van der Waals surface area (Å²) in [5.41, 5.74) is 13.5. The summed E-state index contributed by atoms with van der Waals surface area (Å²) in [7, 11) is 0. The van der Waals surface area contributed by atoms with Crippen LogP contribution in [-0.4, -0.2) is 19.6 Å². The molecular weight excluding hydrogens is 755 g/mol. The standard InChI is InChI=1S/C58H49N3O/c1-57(2,3)43-35-49(55(62)50(36-43)58(4,5)6)56-60-54-46(42-32-41-23-14-15-24-44(41)48(34-42)53-45-25-16-13-22-39(45)30-31-59-53)26-17-27-52(54)61(56)51-29-28-40(37-18-9-7-10-19-37)33-47(51)38-20-11-8-12-21-38/h7-36,62H,1-6H3. The number of aromatic hydroxyl groups is 1. The van der Waals surface area contributed by atoms with Gasteiger partial charge in [-0.3, -0.25) is 9.55 Å². The van der Waals surface area contributed by atoms with Crippen LogP contribution in [0.1, 0.15) is 52.7 Å². The zero-order chi connectivity index (χ0) is 42.8. The molecule has 0 fully saturated rings. The van der Waals surface area contributed by atoms with Crippen LogP contribution in [0.4, 0.5) is 0 Å². The molecule has 10 aromatic rings. The molecule has 4 heteroatoms. The minimum absolute atomic E-state index is 0.186. The van der Waals surface area contributed by atoms with E-state index in [1.165, 1.54) is 0 Å². The Balaban J connectivity index is 1.31. The fourth-order valence-corrected chi connectivity index (χ4v) is 8.95. The molecule has 2 aromatic heterocycles. The zero-order valence-electron chi connectivity index (χ0n) is 36.1. The fourth-order valence-electron chi connectivity index (χ4n) is 8.95. The van der Waals surface area contributed by atoms with Crippen molar-refractivity contribution in [2.45, 2.75) is 52.4 Å². The molecule has 0 aliphatic heterocycles. The van der Waals surface area contributed by atoms with Crippen LogP contribution in [0.3, 0.4) is 0 Å². The van der Waals surface area contributed by atoms with Gasteiger partial charge in [0.1, 0.15) is 11.6 Å². The van der Waals surface area contributed by atoms with Crippen molar-refractivity contribution in [2.24, 2.45) is 0 Å². The number of pyridine rings is 1. The van der Waals surface area contributed by atoms with E-state index < -0.39 is 0 Å². The molecule has 4 nitrogen and oxygen atoms in total. The number of hydrogen-bond donors (Lipinski definition) is 1. The Morgan fingerprint density at radius 3 is 1.85 bits per heavy atom. The minimum Gasteiger partial charge on any atom is -0.507 e. The van der Waals surface area contributed by atoms with Gasteiger partial charge in [-0.25, -0.2) is 4.98 Å². The summed E-state index contributed by atoms with van der Waals surface area (Å²) in [4.78, 5) is 10.7. The van der Waals surface area contributed by atoms with Crippen molar-refractivity contribution in [3.05, 3.63) is 193 Å². The van der Waals surface area contributed by atoms with Gasteiger partial charge in [0.15, 0.2) is 0 Å². The Kier molecular flexibility index (Phi) is 9.41. The summed E-state index contributed by atoms with van der Waals surface area (Å²) < 4.78 is 2.28. The van der Waals surface area contributed by atoms with Crippen LogP contribution in [0.5, 0.6) is 5.75 Å². The normalized spacial score (nSPS) is 12.1. The Bertz CT molecular complexity index is 3310. The third-order valence-corrected chi connectivity index (χ3v) is 12.2. The average Bonchev–Trinajstić information content (AvgIpc) is 3.67. The lowest BCUT2D eigenvalue weighted by Crippen LogP contribution is -2.17. The average molecular weight is 804 g/mol. The predicted octanol–water partition coefficient (Wildman–Crippen LogP) is 15.4. The molecule has 2 heterocycles. The lowest BCUT2D eigenvalue weighted by atomic mass is 9.79. The second kappa shape index (κ2) is 15.0. The van der Waals surface area contributed by atoms with Gasteiger partial charge in [0.25, 0.3) is 0 Å². The largest absolute Gasteiger partial charge is 0.507 e. The van der Waals surface area contributed by atoms with Crippen molar-refractivity contribution < 1.29 is 5.11 Å². The van der Waals surface area contributed by atoms with E-state index in [0.717, 1.165) is 94.0 Å². The Hall–Kier alpha value is -7.30. The van der Waals surface area contributed by atoms with Gasteiger partial charge in [-0.05, 0) is 97.3 Å². The summed E-state index contributed by atoms with van der Waals surface area (Å²) in [5.74, 6) is 0.934. The molecule has 0 unspecified atom stereocenters. The van der Waals surface area contributed by atoms with E-state index in [2.05, 4.69) is 222 Å². The van der Waals surface area contributed by atoms with Gasteiger partial charge < -0.3 is 5.11 Å². The van der Waals surface area contributed by atoms with Crippen LogP contribution in [0, 0.1) is 0 Å². The first kappa shape index (κ1) is 38.9. The van der Waals surface area contributed by atoms with Crippen molar-refractivity contribution >= 4 is 32.6 Å². The van der Waals surface area contributed by atoms with E-state index in [4.69, 9.17) is 9.97 Å². The molecule has 8 aromatic carbocycles. The molecule has 0 aliphatic carbocycles. The number of imidazole rings is 1. The molecule has 0 spiro atoms. The number of rotatable bonds is 6. The van der Waals surface area contributed by atoms with Crippen LogP contribution >= 0.6 is 0 Å². The first-order valence-corrected chi connectivity index (χ1v) is 21.5. The van der Waals surface area contributed by atoms with Crippen molar-refractivity contribution in [1.29, 1.82) is 0 Å². The van der Waals surface area contributed by atoms with Gasteiger partial charge in [-0.1, -0.05) is 175 Å². The van der Waals surface area contributed by atoms with Gasteiger partial charge in [0, 0.05) is 33.8 Å². The monoisotopic (exact) mass is 803 g/mol. The summed E-state index contributed by atoms with van der Waals surface area (Å²) >= 11 is 0. The lowest BCUT2D eigenvalue weighted by molar-refractivity contribution is 0.446. The van der Waals surface area contributed by atoms with Gasteiger partial charge in [-0.2, -0.15) is 0 Å². The Morgan fingerprint density at radius 2 is 1.13 bits per heavy atom. The molecule has 0 saturated carbocycles. The lowest BCUT2D eigenvalue weighted by Gasteiger charge is -2.27. The quantitative estimate of drug-likeness (QED) is 0.182. The van der Waals surface area contributed by atoms with Crippen LogP contribution in [0.2, 0.25) is 0 Å². The molecule has 62 heavy (non-hydrogen) atoms. The molecule has 1 N–H and O–H groups in total. The van der Waals surface area contributed by atoms with Crippen LogP contribution in [0.15, 0.2) is 182 Å². The summed E-state index contributed by atoms with van der Waals surface area (Å²) in [6.07, 6.45) is 1.91. The molecule has 0 bridgehead atoms. The topological polar surface area (TPSA) is 50.9 Å². The number of nitrogens with zero attached hydrogens (tertiary/aromatic N) is 3. The Labute approximate surface area is 363 Å². The predicted molar refractivity (Wildman–Crippen MR) is 260 cm³/mol. The second-order valence-corrected chi connectivity index (χ2v) is 18.5. The number of phenolic OH excluding ortho intramolecular Hbond substituents is 1. The summed E-state index contributed by atoms with van der Waals surface area (Å²) in [5, 5.41) is 17.1. The zero-order valence-corrected chi connectivity index (χ0v) is 36.1. The highest BCUT2D eigenvalue weighted by atomic mass is 16.3. The minimum atomic E-state index is -0.328. The van der Waals surface area contributed by atoms with Crippen LogP contribution in [0.25, 0.3) is 94.3 Å². The van der Waals surface area contributed by atoms with E-state index in [9.17, 15) is 5.11 Å². The van der Waals surface area contributed by atoms with Crippen molar-refractivity contribution in [2.75, 3.05) is 0 Å². The molecule has 0 saturated heterocycles. The van der Waals surface area contributed by atoms with Gasteiger partial charge in [0.05, 0.1) is 28.0 Å². The van der Waals surface area contributed by atoms with E-state index in [0.29, 0.717) is 11.4 Å². The van der Waals surface area contributed by atoms with E-state index in [1.807, 2.05) is 6.20 Å². The molecule has 302 valence electrons. The summed E-state index contributed by atoms with van der Waals surface area (Å²) in [6.45, 7) is 13.2. The number of phenols is 1. The maximum absolute atomic E-state index is 12.5. The van der Waals surface area contributed by atoms with E-state index >= 15 is 0 Å². The molecule has 10 rings (SSSR count). The summed E-state index contributed by atoms with van der Waals surface area (Å²) in [6, 6.07) is 62.3. The first-order valence-electron chi connectivity index (χ1n) is 21.5. The second-order valence-electron chi connectivity index (χ2n) is 18.5. The highest BCUT2D eigenvalue weighted by molar-refractivity contribution is 6.07. The number of benzene rings is 8. The smallest absolute Gasteiger partial charge is 0.149 e. The Morgan fingerprint density at radius 1 is 0.468 bits per heavy atom. The highest BCUT2D eigenvalue weighted by Gasteiger charge is 2.29. The third kappa shape index (κ3) is 6.82. The maximum atomic E-state index is 12.5. The highest BCUT2D eigenvalue weighted by Crippen LogP contribution is 2.46. The molecular formula is C58H49N3O. The fraction of sp³-hybridized carbons (Fsp3) is 0.138. The number of hydrogen-bond acceptors (Lipinski definition) is 3. The van der Waals surface area contributed by atoms with Gasteiger partial charge in [-0.15, -0.1) is 0 Å². The van der Waals surface area contributed by atoms with Gasteiger partial charge >= 0.3 is 0 Å². The van der Waals surface area contributed by atoms with Crippen LogP contribution in [-0.2, 0) is 10.8 Å².